The Morgan fingerprint density at radius 3 is 2.47 bits per heavy atom. The number of fused-ring (bicyclic) bond motifs is 1. The maximum atomic E-state index is 13.2. The first-order chi connectivity index (χ1) is 15.1. The maximum absolute atomic E-state index is 13.2. The lowest BCUT2D eigenvalue weighted by atomic mass is 9.98. The van der Waals surface area contributed by atoms with Gasteiger partial charge in [-0.1, -0.05) is 43.6 Å². The van der Waals surface area contributed by atoms with Crippen molar-refractivity contribution in [2.45, 2.75) is 32.4 Å². The molecular weight excluding hydrogens is 439 g/mol. The van der Waals surface area contributed by atoms with Crippen LogP contribution in [-0.4, -0.2) is 16.6 Å². The molecule has 2 aromatic carbocycles. The second kappa shape index (κ2) is 8.39. The fourth-order valence-corrected chi connectivity index (χ4v) is 3.76. The highest BCUT2D eigenvalue weighted by Gasteiger charge is 2.34. The molecule has 4 nitrogen and oxygen atoms in total. The van der Waals surface area contributed by atoms with Crippen LogP contribution >= 0.6 is 11.6 Å². The molecule has 0 atom stereocenters. The topological polar surface area (TPSA) is 54.4 Å². The third-order valence-electron chi connectivity index (χ3n) is 5.15. The number of rotatable bonds is 3. The zero-order valence-electron chi connectivity index (χ0n) is 17.3. The number of anilines is 1. The lowest BCUT2D eigenvalue weighted by molar-refractivity contribution is -0.137. The summed E-state index contributed by atoms with van der Waals surface area (Å²) >= 11 is 5.87. The Balaban J connectivity index is 1.77. The van der Waals surface area contributed by atoms with Gasteiger partial charge in [-0.05, 0) is 52.9 Å². The van der Waals surface area contributed by atoms with Crippen LogP contribution in [0.2, 0.25) is 5.02 Å². The quantitative estimate of drug-likeness (QED) is 0.460. The van der Waals surface area contributed by atoms with Gasteiger partial charge >= 0.3 is 6.18 Å². The van der Waals surface area contributed by atoms with Gasteiger partial charge in [-0.25, -0.2) is 0 Å². The van der Waals surface area contributed by atoms with Gasteiger partial charge in [-0.3, -0.25) is 14.8 Å². The molecule has 32 heavy (non-hydrogen) atoms. The summed E-state index contributed by atoms with van der Waals surface area (Å²) in [6.45, 7) is 4.13. The Labute approximate surface area is 188 Å². The van der Waals surface area contributed by atoms with Gasteiger partial charge in [0, 0.05) is 11.9 Å². The normalized spacial score (nSPS) is 14.0. The third-order valence-corrected chi connectivity index (χ3v) is 5.46. The molecule has 0 bridgehead atoms. The number of nitrogens with zero attached hydrogens (tertiary/aromatic N) is 2. The predicted octanol–water partition coefficient (Wildman–Crippen LogP) is 7.01. The molecule has 1 aliphatic rings. The zero-order chi connectivity index (χ0) is 23.0. The molecular formula is C24H19ClF3N3O. The molecule has 2 heterocycles. The largest absolute Gasteiger partial charge is 0.417 e. The first-order valence-electron chi connectivity index (χ1n) is 9.96. The zero-order valence-corrected chi connectivity index (χ0v) is 18.1. The molecule has 0 radical (unpaired) electrons. The predicted molar refractivity (Wildman–Crippen MR) is 120 cm³/mol. The SMILES string of the molecule is CC(C)c1cc(-c2cccc(C3=Nc4cc(Cl)c(C(F)(F)F)cc4NC(=O)C3)c2)ccn1. The fraction of sp³-hybridized carbons (Fsp3) is 0.208. The van der Waals surface area contributed by atoms with E-state index in [0.717, 1.165) is 29.0 Å². The van der Waals surface area contributed by atoms with E-state index < -0.39 is 22.7 Å². The van der Waals surface area contributed by atoms with E-state index in [1.54, 1.807) is 6.20 Å². The summed E-state index contributed by atoms with van der Waals surface area (Å²) in [5.41, 5.74) is 3.14. The van der Waals surface area contributed by atoms with Crippen LogP contribution in [0.25, 0.3) is 11.1 Å². The second-order valence-electron chi connectivity index (χ2n) is 7.84. The summed E-state index contributed by atoms with van der Waals surface area (Å²) in [6.07, 6.45) is -2.96. The monoisotopic (exact) mass is 457 g/mol. The van der Waals surface area contributed by atoms with Gasteiger partial charge in [-0.2, -0.15) is 13.2 Å². The van der Waals surface area contributed by atoms with Gasteiger partial charge in [0.1, 0.15) is 0 Å². The highest BCUT2D eigenvalue weighted by Crippen LogP contribution is 2.41. The number of hydrogen-bond acceptors (Lipinski definition) is 3. The van der Waals surface area contributed by atoms with Crippen LogP contribution in [-0.2, 0) is 11.0 Å². The van der Waals surface area contributed by atoms with Gasteiger partial charge in [0.2, 0.25) is 5.91 Å². The molecule has 0 aliphatic carbocycles. The number of aliphatic imine (C=N–C) groups is 1. The number of nitrogens with one attached hydrogen (secondary N) is 1. The highest BCUT2D eigenvalue weighted by molar-refractivity contribution is 6.32. The van der Waals surface area contributed by atoms with Crippen LogP contribution < -0.4 is 5.32 Å². The summed E-state index contributed by atoms with van der Waals surface area (Å²) in [5.74, 6) is -0.176. The smallest absolute Gasteiger partial charge is 0.324 e. The third kappa shape index (κ3) is 4.53. The van der Waals surface area contributed by atoms with Crippen molar-refractivity contribution in [1.29, 1.82) is 0 Å². The number of carbonyl (C=O) groups excluding carboxylic acids is 1. The van der Waals surface area contributed by atoms with E-state index in [1.165, 1.54) is 0 Å². The Kier molecular flexibility index (Phi) is 5.77. The van der Waals surface area contributed by atoms with Crippen LogP contribution in [0.5, 0.6) is 0 Å². The Morgan fingerprint density at radius 1 is 1.03 bits per heavy atom. The number of amides is 1. The van der Waals surface area contributed by atoms with E-state index in [-0.39, 0.29) is 23.7 Å². The molecule has 0 saturated heterocycles. The second-order valence-corrected chi connectivity index (χ2v) is 8.24. The van der Waals surface area contributed by atoms with Crippen molar-refractivity contribution in [3.05, 3.63) is 76.6 Å². The minimum Gasteiger partial charge on any atom is -0.324 e. The van der Waals surface area contributed by atoms with Crippen molar-refractivity contribution in [2.24, 2.45) is 4.99 Å². The minimum atomic E-state index is -4.64. The van der Waals surface area contributed by atoms with Crippen molar-refractivity contribution in [3.8, 4) is 11.1 Å². The number of halogens is 4. The van der Waals surface area contributed by atoms with E-state index in [2.05, 4.69) is 29.1 Å². The Hall–Kier alpha value is -3.19. The van der Waals surface area contributed by atoms with Crippen LogP contribution in [0.15, 0.2) is 59.7 Å². The standard InChI is InChI=1S/C24H19ClF3N3O/c1-13(2)19-9-15(6-7-29-19)14-4-3-5-16(8-14)20-12-23(32)31-21-10-17(24(26,27)28)18(25)11-22(21)30-20/h3-11,13H,12H2,1-2H3,(H,31,32). The summed E-state index contributed by atoms with van der Waals surface area (Å²) < 4.78 is 39.6. The van der Waals surface area contributed by atoms with E-state index in [0.29, 0.717) is 11.3 Å². The summed E-state index contributed by atoms with van der Waals surface area (Å²) in [7, 11) is 0. The van der Waals surface area contributed by atoms with Crippen LogP contribution in [0.3, 0.4) is 0 Å². The maximum Gasteiger partial charge on any atom is 0.417 e. The van der Waals surface area contributed by atoms with Crippen LogP contribution in [0, 0.1) is 0 Å². The lowest BCUT2D eigenvalue weighted by Gasteiger charge is -2.12. The molecule has 3 aromatic rings. The van der Waals surface area contributed by atoms with Crippen LogP contribution in [0.1, 0.15) is 43.0 Å². The van der Waals surface area contributed by atoms with Gasteiger partial charge in [0.15, 0.2) is 0 Å². The van der Waals surface area contributed by atoms with Gasteiger partial charge in [0.25, 0.3) is 0 Å². The molecule has 1 amide bonds. The van der Waals surface area contributed by atoms with E-state index in [4.69, 9.17) is 11.6 Å². The molecule has 1 N–H and O–H groups in total. The van der Waals surface area contributed by atoms with E-state index in [9.17, 15) is 18.0 Å². The molecule has 8 heteroatoms. The summed E-state index contributed by atoms with van der Waals surface area (Å²) in [6, 6.07) is 13.4. The van der Waals surface area contributed by atoms with Crippen LogP contribution in [0.4, 0.5) is 24.5 Å². The highest BCUT2D eigenvalue weighted by atomic mass is 35.5. The van der Waals surface area contributed by atoms with Crippen molar-refractivity contribution in [1.82, 2.24) is 4.98 Å². The molecule has 0 spiro atoms. The first kappa shape index (κ1) is 22.0. The van der Waals surface area contributed by atoms with Crippen molar-refractivity contribution < 1.29 is 18.0 Å². The Bertz CT molecular complexity index is 1240. The number of alkyl halides is 3. The lowest BCUT2D eigenvalue weighted by Crippen LogP contribution is -2.15. The average molecular weight is 458 g/mol. The molecule has 1 aliphatic heterocycles. The molecule has 1 aromatic heterocycles. The number of aromatic nitrogens is 1. The number of hydrogen-bond donors (Lipinski definition) is 1. The summed E-state index contributed by atoms with van der Waals surface area (Å²) in [4.78, 5) is 21.3. The number of pyridine rings is 1. The number of benzene rings is 2. The van der Waals surface area contributed by atoms with Gasteiger partial charge < -0.3 is 5.32 Å². The van der Waals surface area contributed by atoms with Crippen molar-refractivity contribution in [2.75, 3.05) is 5.32 Å². The van der Waals surface area contributed by atoms with E-state index in [1.807, 2.05) is 36.4 Å². The first-order valence-corrected chi connectivity index (χ1v) is 10.3. The molecule has 0 saturated carbocycles. The molecule has 0 unspecified atom stereocenters. The minimum absolute atomic E-state index is 0.0198. The molecule has 0 fully saturated rings. The van der Waals surface area contributed by atoms with Gasteiger partial charge in [-0.15, -0.1) is 0 Å². The Morgan fingerprint density at radius 2 is 1.75 bits per heavy atom. The van der Waals surface area contributed by atoms with E-state index >= 15 is 0 Å². The molecule has 4 rings (SSSR count). The fourth-order valence-electron chi connectivity index (χ4n) is 3.49. The van der Waals surface area contributed by atoms with Crippen molar-refractivity contribution >= 4 is 34.6 Å². The average Bonchev–Trinajstić information content (AvgIpc) is 2.90. The van der Waals surface area contributed by atoms with Crippen molar-refractivity contribution in [3.63, 3.8) is 0 Å². The molecule has 164 valence electrons. The summed E-state index contributed by atoms with van der Waals surface area (Å²) in [5, 5.41) is 2.04. The van der Waals surface area contributed by atoms with Gasteiger partial charge in [0.05, 0.1) is 34.1 Å². The number of carbonyl (C=O) groups is 1.